The van der Waals surface area contributed by atoms with Crippen LogP contribution in [0.1, 0.15) is 50.7 Å². The van der Waals surface area contributed by atoms with E-state index in [1.807, 2.05) is 70.2 Å². The number of ether oxygens (including phenoxy) is 1. The van der Waals surface area contributed by atoms with Gasteiger partial charge >= 0.3 is 0 Å². The summed E-state index contributed by atoms with van der Waals surface area (Å²) in [6.07, 6.45) is 0. The van der Waals surface area contributed by atoms with Crippen LogP contribution in [0, 0.1) is 10.1 Å². The van der Waals surface area contributed by atoms with Crippen molar-refractivity contribution in [1.82, 2.24) is 0 Å². The van der Waals surface area contributed by atoms with Gasteiger partial charge in [-0.1, -0.05) is 64.1 Å². The summed E-state index contributed by atoms with van der Waals surface area (Å²) in [6.45, 7) is 7.60. The van der Waals surface area contributed by atoms with Crippen LogP contribution in [0.15, 0.2) is 48.5 Å². The molecule has 0 saturated heterocycles. The fourth-order valence-corrected chi connectivity index (χ4v) is 2.92. The predicted molar refractivity (Wildman–Crippen MR) is 100 cm³/mol. The number of hydrogen-bond acceptors (Lipinski definition) is 4. The maximum atomic E-state index is 11.0. The molecule has 0 spiro atoms. The Kier molecular flexibility index (Phi) is 8.64. The van der Waals surface area contributed by atoms with Gasteiger partial charge in [-0.3, -0.25) is 10.1 Å². The van der Waals surface area contributed by atoms with Crippen LogP contribution < -0.4 is 4.74 Å². The molecule has 0 fully saturated rings. The Balaban J connectivity index is 0.000000730. The molecule has 0 unspecified atom stereocenters. The number of aliphatic hydroxyl groups excluding tert-OH is 1. The van der Waals surface area contributed by atoms with Crippen LogP contribution in [0.2, 0.25) is 0 Å². The number of para-hydroxylation sites is 2. The topological polar surface area (TPSA) is 72.6 Å². The van der Waals surface area contributed by atoms with Crippen LogP contribution >= 0.6 is 0 Å². The molecular weight excluding hydrogens is 318 g/mol. The molecule has 1 N–H and O–H groups in total. The van der Waals surface area contributed by atoms with Crippen LogP contribution in [0.25, 0.3) is 0 Å². The minimum Gasteiger partial charge on any atom is -0.457 e. The zero-order valence-electron chi connectivity index (χ0n) is 15.3. The van der Waals surface area contributed by atoms with Gasteiger partial charge in [0.15, 0.2) is 0 Å². The summed E-state index contributed by atoms with van der Waals surface area (Å²) < 4.78 is 5.91. The molecule has 1 heterocycles. The monoisotopic (exact) mass is 345 g/mol. The number of nitro groups is 1. The lowest BCUT2D eigenvalue weighted by atomic mass is 9.82. The number of aliphatic hydroxyl groups is 1. The van der Waals surface area contributed by atoms with Crippen molar-refractivity contribution in [3.8, 4) is 11.5 Å². The van der Waals surface area contributed by atoms with Gasteiger partial charge in [-0.25, -0.2) is 0 Å². The maximum Gasteiger partial charge on any atom is 0.211 e. The lowest BCUT2D eigenvalue weighted by Gasteiger charge is -2.21. The molecule has 1 aliphatic rings. The van der Waals surface area contributed by atoms with Crippen molar-refractivity contribution in [1.29, 1.82) is 0 Å². The first-order valence-electron chi connectivity index (χ1n) is 8.79. The Morgan fingerprint density at radius 3 is 1.80 bits per heavy atom. The van der Waals surface area contributed by atoms with Gasteiger partial charge in [0.05, 0.1) is 12.5 Å². The molecule has 2 aromatic rings. The van der Waals surface area contributed by atoms with E-state index < -0.39 is 5.92 Å². The summed E-state index contributed by atoms with van der Waals surface area (Å²) in [5.74, 6) is 0.502. The highest BCUT2D eigenvalue weighted by molar-refractivity contribution is 5.49. The van der Waals surface area contributed by atoms with Gasteiger partial charge in [-0.15, -0.1) is 0 Å². The first kappa shape index (κ1) is 20.6. The van der Waals surface area contributed by atoms with Crippen LogP contribution in [-0.4, -0.2) is 23.2 Å². The molecule has 0 amide bonds. The molecule has 1 aliphatic heterocycles. The third-order valence-electron chi connectivity index (χ3n) is 3.89. The Morgan fingerprint density at radius 1 is 0.920 bits per heavy atom. The summed E-state index contributed by atoms with van der Waals surface area (Å²) in [7, 11) is 0. The third kappa shape index (κ3) is 4.79. The molecule has 2 atom stereocenters. The second-order valence-electron chi connectivity index (χ2n) is 5.09. The normalized spacial score (nSPS) is 17.2. The van der Waals surface area contributed by atoms with E-state index in [2.05, 4.69) is 0 Å². The van der Waals surface area contributed by atoms with Crippen LogP contribution in [0.4, 0.5) is 0 Å². The fourth-order valence-electron chi connectivity index (χ4n) is 2.92. The zero-order chi connectivity index (χ0) is 18.8. The lowest BCUT2D eigenvalue weighted by molar-refractivity contribution is -0.484. The van der Waals surface area contributed by atoms with Gasteiger partial charge in [-0.2, -0.15) is 0 Å². The predicted octanol–water partition coefficient (Wildman–Crippen LogP) is 4.98. The number of fused-ring (bicyclic) bond motifs is 2. The molecule has 0 bridgehead atoms. The Labute approximate surface area is 149 Å². The van der Waals surface area contributed by atoms with E-state index in [4.69, 9.17) is 4.74 Å². The first-order valence-corrected chi connectivity index (χ1v) is 8.79. The van der Waals surface area contributed by atoms with E-state index in [0.29, 0.717) is 11.5 Å². The average molecular weight is 345 g/mol. The molecule has 5 heteroatoms. The van der Waals surface area contributed by atoms with E-state index in [1.165, 1.54) is 0 Å². The van der Waals surface area contributed by atoms with Crippen molar-refractivity contribution in [2.24, 2.45) is 0 Å². The van der Waals surface area contributed by atoms with E-state index in [1.54, 1.807) is 6.07 Å². The maximum absolute atomic E-state index is 11.0. The Hall–Kier alpha value is -2.40. The highest BCUT2D eigenvalue weighted by Gasteiger charge is 2.35. The molecular formula is C20H27NO4. The molecule has 5 nitrogen and oxygen atoms in total. The largest absolute Gasteiger partial charge is 0.457 e. The van der Waals surface area contributed by atoms with E-state index in [9.17, 15) is 15.2 Å². The summed E-state index contributed by atoms with van der Waals surface area (Å²) in [6, 6.07) is 14.7. The minimum absolute atomic E-state index is 0.160. The number of nitrogens with zero attached hydrogens (tertiary/aromatic N) is 1. The van der Waals surface area contributed by atoms with E-state index >= 15 is 0 Å². The quantitative estimate of drug-likeness (QED) is 0.629. The molecule has 25 heavy (non-hydrogen) atoms. The molecule has 0 saturated carbocycles. The summed E-state index contributed by atoms with van der Waals surface area (Å²) in [5.41, 5.74) is 1.58. The number of benzene rings is 2. The molecule has 2 aromatic carbocycles. The molecule has 136 valence electrons. The average Bonchev–Trinajstić information content (AvgIpc) is 2.79. The first-order chi connectivity index (χ1) is 12.2. The number of rotatable bonds is 3. The molecule has 3 rings (SSSR count). The van der Waals surface area contributed by atoms with Crippen molar-refractivity contribution < 1.29 is 14.8 Å². The summed E-state index contributed by atoms with van der Waals surface area (Å²) >= 11 is 0. The lowest BCUT2D eigenvalue weighted by Crippen LogP contribution is -2.21. The van der Waals surface area contributed by atoms with Gasteiger partial charge in [0.25, 0.3) is 0 Å². The van der Waals surface area contributed by atoms with E-state index in [0.717, 1.165) is 11.1 Å². The van der Waals surface area contributed by atoms with Gasteiger partial charge in [0.2, 0.25) is 6.54 Å². The highest BCUT2D eigenvalue weighted by Crippen LogP contribution is 2.45. The van der Waals surface area contributed by atoms with Gasteiger partial charge in [-0.05, 0) is 12.1 Å². The van der Waals surface area contributed by atoms with E-state index in [-0.39, 0.29) is 24.0 Å². The van der Waals surface area contributed by atoms with Crippen molar-refractivity contribution in [2.75, 3.05) is 13.2 Å². The highest BCUT2D eigenvalue weighted by atomic mass is 16.6. The molecule has 0 radical (unpaired) electrons. The minimum atomic E-state index is -0.412. The van der Waals surface area contributed by atoms with Crippen LogP contribution in [-0.2, 0) is 0 Å². The SMILES string of the molecule is CC.CC.O=[N+]([O-])C[C@H]1c2ccccc2Oc2ccccc2[C@@H]1CO. The zero-order valence-corrected chi connectivity index (χ0v) is 15.3. The van der Waals surface area contributed by atoms with Gasteiger partial charge < -0.3 is 9.84 Å². The molecule has 0 aliphatic carbocycles. The second-order valence-corrected chi connectivity index (χ2v) is 5.09. The summed E-state index contributed by atoms with van der Waals surface area (Å²) in [4.78, 5) is 10.7. The second kappa shape index (κ2) is 10.5. The molecule has 0 aromatic heterocycles. The van der Waals surface area contributed by atoms with Gasteiger partial charge in [0.1, 0.15) is 11.5 Å². The van der Waals surface area contributed by atoms with Gasteiger partial charge in [0, 0.05) is 22.0 Å². The van der Waals surface area contributed by atoms with Crippen molar-refractivity contribution in [3.63, 3.8) is 0 Å². The third-order valence-corrected chi connectivity index (χ3v) is 3.89. The van der Waals surface area contributed by atoms with Crippen molar-refractivity contribution in [2.45, 2.75) is 39.5 Å². The fraction of sp³-hybridized carbons (Fsp3) is 0.400. The van der Waals surface area contributed by atoms with Crippen molar-refractivity contribution in [3.05, 3.63) is 69.8 Å². The number of hydrogen-bond donors (Lipinski definition) is 1. The van der Waals surface area contributed by atoms with Crippen molar-refractivity contribution >= 4 is 0 Å². The smallest absolute Gasteiger partial charge is 0.211 e. The van der Waals surface area contributed by atoms with Crippen LogP contribution in [0.5, 0.6) is 11.5 Å². The summed E-state index contributed by atoms with van der Waals surface area (Å²) in [5, 5.41) is 20.8. The Morgan fingerprint density at radius 2 is 1.36 bits per heavy atom. The Bertz CT molecular complexity index is 672. The standard InChI is InChI=1S/C16H15NO4.2C2H6/c18-10-14-12-6-2-4-8-16(12)21-15-7-3-1-5-11(15)13(14)9-17(19)20;2*1-2/h1-8,13-14,18H,9-10H2;2*1-2H3/t13-,14-;;/m0../s1. The van der Waals surface area contributed by atoms with Crippen LogP contribution in [0.3, 0.4) is 0 Å².